The summed E-state index contributed by atoms with van der Waals surface area (Å²) in [5, 5.41) is 25.8. The molecule has 0 spiro atoms. The summed E-state index contributed by atoms with van der Waals surface area (Å²) in [6.45, 7) is 4.50. The Morgan fingerprint density at radius 2 is 1.31 bits per heavy atom. The third-order valence-electron chi connectivity index (χ3n) is 4.64. The molecule has 0 saturated heterocycles. The van der Waals surface area contributed by atoms with Crippen LogP contribution >= 0.6 is 0 Å². The number of amides is 5. The Kier molecular flexibility index (Phi) is 11.9. The molecule has 0 heterocycles. The van der Waals surface area contributed by atoms with E-state index < -0.39 is 84.5 Å². The van der Waals surface area contributed by atoms with Crippen molar-refractivity contribution in [1.29, 1.82) is 0 Å². The lowest BCUT2D eigenvalue weighted by atomic mass is 9.98. The molecule has 0 aliphatic carbocycles. The minimum atomic E-state index is -1.61. The molecule has 6 atom stereocenters. The number of carboxylic acids is 1. The van der Waals surface area contributed by atoms with Crippen molar-refractivity contribution in [3.8, 4) is 0 Å². The first kappa shape index (κ1) is 28.7. The van der Waals surface area contributed by atoms with Crippen molar-refractivity contribution in [2.45, 2.75) is 70.3 Å². The van der Waals surface area contributed by atoms with E-state index >= 15 is 0 Å². The van der Waals surface area contributed by atoms with E-state index in [9.17, 15) is 39.0 Å². The van der Waals surface area contributed by atoms with Crippen molar-refractivity contribution in [3.05, 3.63) is 0 Å². The Balaban J connectivity index is 5.50. The third-order valence-corrected chi connectivity index (χ3v) is 4.64. The largest absolute Gasteiger partial charge is 0.480 e. The second-order valence-corrected chi connectivity index (χ2v) is 7.45. The zero-order valence-corrected chi connectivity index (χ0v) is 18.2. The molecule has 0 saturated carbocycles. The van der Waals surface area contributed by atoms with Crippen LogP contribution in [0.1, 0.15) is 40.0 Å². The van der Waals surface area contributed by atoms with Crippen LogP contribution in [-0.2, 0) is 28.8 Å². The number of carbonyl (C=O) groups excluding carboxylic acids is 5. The summed E-state index contributed by atoms with van der Waals surface area (Å²) in [4.78, 5) is 70.9. The van der Waals surface area contributed by atoms with Crippen LogP contribution in [0.4, 0.5) is 0 Å². The normalized spacial score (nSPS) is 16.4. The zero-order chi connectivity index (χ0) is 25.2. The molecule has 32 heavy (non-hydrogen) atoms. The van der Waals surface area contributed by atoms with Crippen molar-refractivity contribution in [2.75, 3.05) is 0 Å². The van der Waals surface area contributed by atoms with Gasteiger partial charge in [0.15, 0.2) is 0 Å². The Hall–Kier alpha value is -3.26. The third kappa shape index (κ3) is 9.70. The lowest BCUT2D eigenvalue weighted by molar-refractivity contribution is -0.144. The molecule has 182 valence electrons. The molecule has 0 rings (SSSR count). The molecule has 5 amide bonds. The molecule has 0 fully saturated rings. The summed E-state index contributed by atoms with van der Waals surface area (Å²) in [7, 11) is 0. The van der Waals surface area contributed by atoms with Gasteiger partial charge in [0.2, 0.25) is 29.5 Å². The van der Waals surface area contributed by atoms with Crippen LogP contribution in [0, 0.1) is 5.92 Å². The highest BCUT2D eigenvalue weighted by atomic mass is 16.4. The number of primary amides is 2. The lowest BCUT2D eigenvalue weighted by Crippen LogP contribution is -2.60. The van der Waals surface area contributed by atoms with E-state index in [2.05, 4.69) is 16.0 Å². The highest BCUT2D eigenvalue weighted by molar-refractivity contribution is 5.97. The van der Waals surface area contributed by atoms with Gasteiger partial charge < -0.3 is 43.4 Å². The van der Waals surface area contributed by atoms with Crippen molar-refractivity contribution in [1.82, 2.24) is 16.0 Å². The first-order chi connectivity index (χ1) is 14.7. The van der Waals surface area contributed by atoms with Crippen molar-refractivity contribution < 1.29 is 39.0 Å². The standard InChI is InChI=1S/C18H32N6O8/c1-4-7(2)13(18(31)32)23-17(30)14(8(3)25)24-16(29)10(6-12(21)27)22-15(28)9(19)5-11(20)26/h7-10,13-14,25H,4-6,19H2,1-3H3,(H2,20,26)(H2,21,27)(H,22,28)(H,23,30)(H,24,29)(H,31,32). The smallest absolute Gasteiger partial charge is 0.326 e. The van der Waals surface area contributed by atoms with E-state index in [4.69, 9.17) is 17.2 Å². The van der Waals surface area contributed by atoms with Crippen molar-refractivity contribution in [3.63, 3.8) is 0 Å². The van der Waals surface area contributed by atoms with E-state index in [0.717, 1.165) is 0 Å². The number of aliphatic carboxylic acids is 1. The molecule has 0 aliphatic heterocycles. The van der Waals surface area contributed by atoms with Gasteiger partial charge in [0.25, 0.3) is 0 Å². The van der Waals surface area contributed by atoms with E-state index in [1.54, 1.807) is 13.8 Å². The second kappa shape index (κ2) is 13.2. The molecule has 0 aromatic rings. The number of nitrogens with one attached hydrogen (secondary N) is 3. The fourth-order valence-electron chi connectivity index (χ4n) is 2.58. The molecule has 0 radical (unpaired) electrons. The average Bonchev–Trinajstić information content (AvgIpc) is 2.67. The van der Waals surface area contributed by atoms with Crippen LogP contribution in [0.5, 0.6) is 0 Å². The molecule has 11 N–H and O–H groups in total. The predicted octanol–water partition coefficient (Wildman–Crippen LogP) is -3.97. The number of aliphatic hydroxyl groups excluding tert-OH is 1. The van der Waals surface area contributed by atoms with E-state index in [-0.39, 0.29) is 0 Å². The van der Waals surface area contributed by atoms with Gasteiger partial charge in [0, 0.05) is 0 Å². The molecule has 0 aromatic carbocycles. The second-order valence-electron chi connectivity index (χ2n) is 7.45. The summed E-state index contributed by atoms with van der Waals surface area (Å²) < 4.78 is 0. The Morgan fingerprint density at radius 3 is 1.72 bits per heavy atom. The predicted molar refractivity (Wildman–Crippen MR) is 110 cm³/mol. The van der Waals surface area contributed by atoms with Crippen LogP contribution in [0.15, 0.2) is 0 Å². The van der Waals surface area contributed by atoms with Crippen LogP contribution in [0.3, 0.4) is 0 Å². The molecule has 6 unspecified atom stereocenters. The number of hydrogen-bond donors (Lipinski definition) is 8. The monoisotopic (exact) mass is 460 g/mol. The van der Waals surface area contributed by atoms with Gasteiger partial charge in [-0.25, -0.2) is 4.79 Å². The van der Waals surface area contributed by atoms with Gasteiger partial charge in [-0.3, -0.25) is 24.0 Å². The first-order valence-corrected chi connectivity index (χ1v) is 9.85. The number of carboxylic acid groups (broad SMARTS) is 1. The van der Waals surface area contributed by atoms with E-state index in [1.807, 2.05) is 0 Å². The van der Waals surface area contributed by atoms with Gasteiger partial charge in [-0.15, -0.1) is 0 Å². The molecular formula is C18H32N6O8. The highest BCUT2D eigenvalue weighted by Crippen LogP contribution is 2.09. The molecule has 14 nitrogen and oxygen atoms in total. The lowest BCUT2D eigenvalue weighted by Gasteiger charge is -2.27. The van der Waals surface area contributed by atoms with Crippen LogP contribution in [0.25, 0.3) is 0 Å². The maximum absolute atomic E-state index is 12.6. The SMILES string of the molecule is CCC(C)C(NC(=O)C(NC(=O)C(CC(N)=O)NC(=O)C(N)CC(N)=O)C(C)O)C(=O)O. The number of hydrogen-bond acceptors (Lipinski definition) is 8. The molecule has 14 heteroatoms. The summed E-state index contributed by atoms with van der Waals surface area (Å²) >= 11 is 0. The van der Waals surface area contributed by atoms with Gasteiger partial charge in [0.1, 0.15) is 18.1 Å². The van der Waals surface area contributed by atoms with E-state index in [1.165, 1.54) is 6.92 Å². The van der Waals surface area contributed by atoms with E-state index in [0.29, 0.717) is 6.42 Å². The minimum absolute atomic E-state index is 0.432. The molecule has 0 bridgehead atoms. The average molecular weight is 460 g/mol. The summed E-state index contributed by atoms with van der Waals surface area (Å²) in [6, 6.07) is -5.88. The summed E-state index contributed by atoms with van der Waals surface area (Å²) in [6.07, 6.45) is -2.24. The highest BCUT2D eigenvalue weighted by Gasteiger charge is 2.34. The Morgan fingerprint density at radius 1 is 0.812 bits per heavy atom. The quantitative estimate of drug-likeness (QED) is 0.125. The van der Waals surface area contributed by atoms with Gasteiger partial charge in [-0.2, -0.15) is 0 Å². The maximum Gasteiger partial charge on any atom is 0.326 e. The fraction of sp³-hybridized carbons (Fsp3) is 0.667. The minimum Gasteiger partial charge on any atom is -0.480 e. The van der Waals surface area contributed by atoms with Gasteiger partial charge in [0.05, 0.1) is 25.0 Å². The molecule has 0 aliphatic rings. The Labute approximate surface area is 184 Å². The number of rotatable bonds is 14. The zero-order valence-electron chi connectivity index (χ0n) is 18.2. The first-order valence-electron chi connectivity index (χ1n) is 9.85. The maximum atomic E-state index is 12.6. The van der Waals surface area contributed by atoms with Crippen molar-refractivity contribution in [2.24, 2.45) is 23.1 Å². The van der Waals surface area contributed by atoms with Crippen LogP contribution < -0.4 is 33.2 Å². The van der Waals surface area contributed by atoms with Gasteiger partial charge >= 0.3 is 5.97 Å². The summed E-state index contributed by atoms with van der Waals surface area (Å²) in [5.41, 5.74) is 15.6. The van der Waals surface area contributed by atoms with Gasteiger partial charge in [-0.05, 0) is 12.8 Å². The summed E-state index contributed by atoms with van der Waals surface area (Å²) in [5.74, 6) is -6.64. The number of aliphatic hydroxyl groups is 1. The topological polar surface area (TPSA) is 257 Å². The van der Waals surface area contributed by atoms with Crippen LogP contribution in [-0.4, -0.2) is 76.0 Å². The van der Waals surface area contributed by atoms with Crippen LogP contribution in [0.2, 0.25) is 0 Å². The van der Waals surface area contributed by atoms with Gasteiger partial charge in [-0.1, -0.05) is 20.3 Å². The number of nitrogens with two attached hydrogens (primary N) is 3. The van der Waals surface area contributed by atoms with Crippen molar-refractivity contribution >= 4 is 35.5 Å². The molecular weight excluding hydrogens is 428 g/mol. The molecule has 0 aromatic heterocycles. The fourth-order valence-corrected chi connectivity index (χ4v) is 2.58. The Bertz CT molecular complexity index is 728. The number of carbonyl (C=O) groups is 6.